The van der Waals surface area contributed by atoms with E-state index < -0.39 is 5.97 Å². The summed E-state index contributed by atoms with van der Waals surface area (Å²) in [5.41, 5.74) is 0.710. The van der Waals surface area contributed by atoms with E-state index in [0.717, 1.165) is 16.8 Å². The van der Waals surface area contributed by atoms with Gasteiger partial charge in [-0.1, -0.05) is 36.4 Å². The number of fused-ring (bicyclic) bond motifs is 1. The molecule has 0 saturated heterocycles. The van der Waals surface area contributed by atoms with E-state index in [4.69, 9.17) is 4.74 Å². The number of carbonyl (C=O) groups excluding carboxylic acids is 2. The zero-order valence-electron chi connectivity index (χ0n) is 11.1. The van der Waals surface area contributed by atoms with Crippen LogP contribution in [0.5, 0.6) is 0 Å². The summed E-state index contributed by atoms with van der Waals surface area (Å²) in [6, 6.07) is 13.4. The molecule has 4 nitrogen and oxygen atoms in total. The predicted molar refractivity (Wildman–Crippen MR) is 78.4 cm³/mol. The highest BCUT2D eigenvalue weighted by Crippen LogP contribution is 2.22. The molecule has 0 aromatic heterocycles. The fourth-order valence-corrected chi connectivity index (χ4v) is 1.84. The summed E-state index contributed by atoms with van der Waals surface area (Å²) >= 11 is 0. The van der Waals surface area contributed by atoms with Crippen molar-refractivity contribution >= 4 is 28.3 Å². The van der Waals surface area contributed by atoms with Gasteiger partial charge in [0.2, 0.25) is 5.91 Å². The molecule has 102 valence electrons. The molecule has 0 aliphatic carbocycles. The third kappa shape index (κ3) is 3.45. The van der Waals surface area contributed by atoms with Crippen LogP contribution in [0.1, 0.15) is 6.92 Å². The first-order valence-corrected chi connectivity index (χ1v) is 6.34. The van der Waals surface area contributed by atoms with E-state index in [2.05, 4.69) is 5.32 Å². The Morgan fingerprint density at radius 3 is 2.65 bits per heavy atom. The third-order valence-electron chi connectivity index (χ3n) is 2.70. The standard InChI is InChI=1S/C16H15NO3/c1-2-20-16(19)11-10-15(18)17-14-9-5-7-12-6-3-4-8-13(12)14/h3-11H,2H2,1H3,(H,17,18)/b11-10-. The van der Waals surface area contributed by atoms with Crippen LogP contribution in [0.3, 0.4) is 0 Å². The Kier molecular flexibility index (Phi) is 4.50. The van der Waals surface area contributed by atoms with Crippen LogP contribution >= 0.6 is 0 Å². The van der Waals surface area contributed by atoms with Crippen molar-refractivity contribution in [2.45, 2.75) is 6.92 Å². The van der Waals surface area contributed by atoms with Gasteiger partial charge in [-0.15, -0.1) is 0 Å². The van der Waals surface area contributed by atoms with Crippen LogP contribution in [-0.4, -0.2) is 18.5 Å². The molecule has 2 aromatic carbocycles. The first-order chi connectivity index (χ1) is 9.70. The molecule has 1 amide bonds. The number of esters is 1. The summed E-state index contributed by atoms with van der Waals surface area (Å²) in [6.07, 6.45) is 2.28. The van der Waals surface area contributed by atoms with Gasteiger partial charge in [-0.05, 0) is 18.4 Å². The maximum Gasteiger partial charge on any atom is 0.330 e. The number of amides is 1. The third-order valence-corrected chi connectivity index (χ3v) is 2.70. The highest BCUT2D eigenvalue weighted by Gasteiger charge is 2.03. The van der Waals surface area contributed by atoms with E-state index in [0.29, 0.717) is 5.69 Å². The Labute approximate surface area is 117 Å². The van der Waals surface area contributed by atoms with E-state index in [1.165, 1.54) is 6.08 Å². The van der Waals surface area contributed by atoms with Crippen LogP contribution in [0.2, 0.25) is 0 Å². The predicted octanol–water partition coefficient (Wildman–Crippen LogP) is 2.90. The van der Waals surface area contributed by atoms with Crippen molar-refractivity contribution in [1.82, 2.24) is 0 Å². The van der Waals surface area contributed by atoms with Crippen molar-refractivity contribution < 1.29 is 14.3 Å². The summed E-state index contributed by atoms with van der Waals surface area (Å²) in [6.45, 7) is 2.00. The number of benzene rings is 2. The number of rotatable bonds is 4. The second kappa shape index (κ2) is 6.52. The van der Waals surface area contributed by atoms with Crippen LogP contribution in [-0.2, 0) is 14.3 Å². The van der Waals surface area contributed by atoms with E-state index in [9.17, 15) is 9.59 Å². The summed E-state index contributed by atoms with van der Waals surface area (Å²) in [4.78, 5) is 22.9. The average molecular weight is 269 g/mol. The SMILES string of the molecule is CCOC(=O)/C=C\C(=O)Nc1cccc2ccccc12. The lowest BCUT2D eigenvalue weighted by Crippen LogP contribution is -2.09. The zero-order valence-corrected chi connectivity index (χ0v) is 11.1. The number of anilines is 1. The summed E-state index contributed by atoms with van der Waals surface area (Å²) < 4.78 is 4.71. The molecule has 0 heterocycles. The van der Waals surface area contributed by atoms with Crippen molar-refractivity contribution in [2.75, 3.05) is 11.9 Å². The molecule has 0 aliphatic heterocycles. The van der Waals surface area contributed by atoms with Gasteiger partial charge in [-0.2, -0.15) is 0 Å². The van der Waals surface area contributed by atoms with Crippen LogP contribution in [0, 0.1) is 0 Å². The lowest BCUT2D eigenvalue weighted by molar-refractivity contribution is -0.137. The maximum atomic E-state index is 11.8. The highest BCUT2D eigenvalue weighted by molar-refractivity contribution is 6.07. The van der Waals surface area contributed by atoms with Crippen LogP contribution in [0.4, 0.5) is 5.69 Å². The minimum atomic E-state index is -0.527. The van der Waals surface area contributed by atoms with Gasteiger partial charge in [0.05, 0.1) is 6.61 Å². The smallest absolute Gasteiger partial charge is 0.330 e. The van der Waals surface area contributed by atoms with Crippen LogP contribution in [0.25, 0.3) is 10.8 Å². The van der Waals surface area contributed by atoms with E-state index >= 15 is 0 Å². The van der Waals surface area contributed by atoms with Gasteiger partial charge in [0, 0.05) is 23.2 Å². The summed E-state index contributed by atoms with van der Waals surface area (Å²) in [5.74, 6) is -0.894. The second-order valence-electron chi connectivity index (χ2n) is 4.10. The summed E-state index contributed by atoms with van der Waals surface area (Å²) in [5, 5.41) is 4.74. The number of hydrogen-bond acceptors (Lipinski definition) is 3. The number of hydrogen-bond donors (Lipinski definition) is 1. The lowest BCUT2D eigenvalue weighted by atomic mass is 10.1. The summed E-state index contributed by atoms with van der Waals surface area (Å²) in [7, 11) is 0. The first kappa shape index (κ1) is 13.8. The molecular weight excluding hydrogens is 254 g/mol. The van der Waals surface area contributed by atoms with Gasteiger partial charge in [-0.25, -0.2) is 4.79 Å². The molecule has 1 N–H and O–H groups in total. The topological polar surface area (TPSA) is 55.4 Å². The molecule has 0 saturated carbocycles. The molecule has 0 radical (unpaired) electrons. The van der Waals surface area contributed by atoms with E-state index in [1.54, 1.807) is 6.92 Å². The first-order valence-electron chi connectivity index (χ1n) is 6.34. The molecule has 20 heavy (non-hydrogen) atoms. The molecule has 0 unspecified atom stereocenters. The van der Waals surface area contributed by atoms with Gasteiger partial charge >= 0.3 is 5.97 Å². The van der Waals surface area contributed by atoms with Gasteiger partial charge in [0.1, 0.15) is 0 Å². The second-order valence-corrected chi connectivity index (χ2v) is 4.10. The van der Waals surface area contributed by atoms with Gasteiger partial charge in [-0.3, -0.25) is 4.79 Å². The minimum absolute atomic E-state index is 0.286. The van der Waals surface area contributed by atoms with Gasteiger partial charge in [0.25, 0.3) is 0 Å². The fraction of sp³-hybridized carbons (Fsp3) is 0.125. The lowest BCUT2D eigenvalue weighted by Gasteiger charge is -2.06. The molecule has 0 aliphatic rings. The van der Waals surface area contributed by atoms with Crippen molar-refractivity contribution in [2.24, 2.45) is 0 Å². The van der Waals surface area contributed by atoms with E-state index in [-0.39, 0.29) is 12.5 Å². The molecule has 0 bridgehead atoms. The average Bonchev–Trinajstić information content (AvgIpc) is 2.46. The molecular formula is C16H15NO3. The Hall–Kier alpha value is -2.62. The maximum absolute atomic E-state index is 11.8. The quantitative estimate of drug-likeness (QED) is 0.686. The molecule has 0 atom stereocenters. The highest BCUT2D eigenvalue weighted by atomic mass is 16.5. The molecule has 2 rings (SSSR count). The van der Waals surface area contributed by atoms with Crippen LogP contribution < -0.4 is 5.32 Å². The van der Waals surface area contributed by atoms with Crippen molar-refractivity contribution in [3.63, 3.8) is 0 Å². The largest absolute Gasteiger partial charge is 0.463 e. The van der Waals surface area contributed by atoms with Crippen molar-refractivity contribution in [1.29, 1.82) is 0 Å². The van der Waals surface area contributed by atoms with Crippen molar-refractivity contribution in [3.05, 3.63) is 54.6 Å². The fourth-order valence-electron chi connectivity index (χ4n) is 1.84. The zero-order chi connectivity index (χ0) is 14.4. The number of ether oxygens (including phenoxy) is 1. The number of carbonyl (C=O) groups is 2. The molecule has 0 spiro atoms. The Morgan fingerprint density at radius 2 is 1.85 bits per heavy atom. The number of nitrogens with one attached hydrogen (secondary N) is 1. The monoisotopic (exact) mass is 269 g/mol. The molecule has 4 heteroatoms. The van der Waals surface area contributed by atoms with Crippen LogP contribution in [0.15, 0.2) is 54.6 Å². The Morgan fingerprint density at radius 1 is 1.10 bits per heavy atom. The van der Waals surface area contributed by atoms with E-state index in [1.807, 2.05) is 42.5 Å². The van der Waals surface area contributed by atoms with Gasteiger partial charge in [0.15, 0.2) is 0 Å². The normalized spacial score (nSPS) is 10.7. The minimum Gasteiger partial charge on any atom is -0.463 e. The molecule has 2 aromatic rings. The Balaban J connectivity index is 2.12. The van der Waals surface area contributed by atoms with Gasteiger partial charge < -0.3 is 10.1 Å². The Bertz CT molecular complexity index is 656. The molecule has 0 fully saturated rings. The van der Waals surface area contributed by atoms with Crippen molar-refractivity contribution in [3.8, 4) is 0 Å².